The Balaban J connectivity index is 1.58. The molecular weight excluding hydrogens is 294 g/mol. The first-order chi connectivity index (χ1) is 10.7. The van der Waals surface area contributed by atoms with Crippen molar-refractivity contribution in [3.05, 3.63) is 40.3 Å². The topological polar surface area (TPSA) is 45.2 Å². The molecule has 0 saturated carbocycles. The lowest BCUT2D eigenvalue weighted by Gasteiger charge is -2.28. The molecule has 4 nitrogen and oxygen atoms in total. The van der Waals surface area contributed by atoms with E-state index in [1.54, 1.807) is 5.51 Å². The van der Waals surface area contributed by atoms with Crippen molar-refractivity contribution in [2.45, 2.75) is 32.6 Å². The second kappa shape index (κ2) is 6.92. The summed E-state index contributed by atoms with van der Waals surface area (Å²) < 4.78 is 0. The van der Waals surface area contributed by atoms with Crippen LogP contribution >= 0.6 is 11.3 Å². The van der Waals surface area contributed by atoms with Crippen molar-refractivity contribution in [2.75, 3.05) is 23.3 Å². The molecule has 0 radical (unpaired) electrons. The molecule has 1 aliphatic rings. The molecule has 0 aliphatic carbocycles. The maximum atomic E-state index is 12.1. The van der Waals surface area contributed by atoms with Gasteiger partial charge in [-0.3, -0.25) is 4.79 Å². The van der Waals surface area contributed by atoms with Gasteiger partial charge in [0.05, 0.1) is 17.6 Å². The van der Waals surface area contributed by atoms with Crippen molar-refractivity contribution in [1.82, 2.24) is 4.98 Å². The molecule has 1 N–H and O–H groups in total. The summed E-state index contributed by atoms with van der Waals surface area (Å²) in [6, 6.07) is 8.17. The fraction of sp³-hybridized carbons (Fsp3) is 0.412. The predicted molar refractivity (Wildman–Crippen MR) is 91.7 cm³/mol. The average Bonchev–Trinajstić information content (AvgIpc) is 2.94. The Morgan fingerprint density at radius 3 is 2.59 bits per heavy atom. The number of hydrogen-bond donors (Lipinski definition) is 1. The zero-order valence-electron chi connectivity index (χ0n) is 12.8. The van der Waals surface area contributed by atoms with Crippen LogP contribution in [0.1, 0.15) is 29.8 Å². The SMILES string of the molecule is Cc1ncsc1CC(=O)Nc1ccc(N2CCCCC2)cc1. The van der Waals surface area contributed by atoms with E-state index in [4.69, 9.17) is 0 Å². The van der Waals surface area contributed by atoms with Gasteiger partial charge < -0.3 is 10.2 Å². The molecule has 2 heterocycles. The number of benzene rings is 1. The van der Waals surface area contributed by atoms with Gasteiger partial charge in [0.15, 0.2) is 0 Å². The zero-order valence-corrected chi connectivity index (χ0v) is 13.7. The van der Waals surface area contributed by atoms with Crippen LogP contribution < -0.4 is 10.2 Å². The minimum atomic E-state index is 0.0121. The van der Waals surface area contributed by atoms with Gasteiger partial charge in [0.1, 0.15) is 0 Å². The van der Waals surface area contributed by atoms with Crippen molar-refractivity contribution >= 4 is 28.6 Å². The summed E-state index contributed by atoms with van der Waals surface area (Å²) >= 11 is 1.53. The third-order valence-corrected chi connectivity index (χ3v) is 4.97. The van der Waals surface area contributed by atoms with Crippen molar-refractivity contribution < 1.29 is 4.79 Å². The number of aryl methyl sites for hydroxylation is 1. The highest BCUT2D eigenvalue weighted by Gasteiger charge is 2.11. The van der Waals surface area contributed by atoms with Crippen molar-refractivity contribution in [3.63, 3.8) is 0 Å². The molecule has 0 spiro atoms. The van der Waals surface area contributed by atoms with E-state index in [1.165, 1.54) is 36.3 Å². The molecule has 1 fully saturated rings. The van der Waals surface area contributed by atoms with Gasteiger partial charge in [-0.15, -0.1) is 11.3 Å². The van der Waals surface area contributed by atoms with Crippen LogP contribution in [0.5, 0.6) is 0 Å². The number of rotatable bonds is 4. The Morgan fingerprint density at radius 1 is 1.23 bits per heavy atom. The Kier molecular flexibility index (Phi) is 4.73. The number of thiazole rings is 1. The molecule has 116 valence electrons. The molecule has 0 atom stereocenters. The number of anilines is 2. The van der Waals surface area contributed by atoms with Crippen molar-refractivity contribution in [2.24, 2.45) is 0 Å². The first kappa shape index (κ1) is 15.0. The molecule has 1 amide bonds. The number of nitrogens with one attached hydrogen (secondary N) is 1. The smallest absolute Gasteiger partial charge is 0.229 e. The first-order valence-electron chi connectivity index (χ1n) is 7.76. The standard InChI is InChI=1S/C17H21N3OS/c1-13-16(22-12-18-13)11-17(21)19-14-5-7-15(8-6-14)20-9-3-2-4-10-20/h5-8,12H,2-4,9-11H2,1H3,(H,19,21). The molecule has 1 aromatic heterocycles. The molecule has 3 rings (SSSR count). The van der Waals surface area contributed by atoms with Crippen LogP contribution in [-0.4, -0.2) is 24.0 Å². The van der Waals surface area contributed by atoms with Crippen LogP contribution in [0, 0.1) is 6.92 Å². The third-order valence-electron chi connectivity index (χ3n) is 4.04. The van der Waals surface area contributed by atoms with Crippen molar-refractivity contribution in [3.8, 4) is 0 Å². The van der Waals surface area contributed by atoms with E-state index in [2.05, 4.69) is 27.3 Å². The molecule has 5 heteroatoms. The number of hydrogen-bond acceptors (Lipinski definition) is 4. The lowest BCUT2D eigenvalue weighted by atomic mass is 10.1. The summed E-state index contributed by atoms with van der Waals surface area (Å²) in [7, 11) is 0. The molecule has 0 unspecified atom stereocenters. The Hall–Kier alpha value is -1.88. The molecule has 1 aromatic carbocycles. The first-order valence-corrected chi connectivity index (χ1v) is 8.64. The van der Waals surface area contributed by atoms with Crippen LogP contribution in [0.25, 0.3) is 0 Å². The van der Waals surface area contributed by atoms with Gasteiger partial charge in [0, 0.05) is 29.3 Å². The Morgan fingerprint density at radius 2 is 1.95 bits per heavy atom. The van der Waals surface area contributed by atoms with E-state index in [1.807, 2.05) is 19.1 Å². The van der Waals surface area contributed by atoms with Gasteiger partial charge in [0.2, 0.25) is 5.91 Å². The zero-order chi connectivity index (χ0) is 15.4. The summed E-state index contributed by atoms with van der Waals surface area (Å²) in [5.74, 6) is 0.0121. The fourth-order valence-electron chi connectivity index (χ4n) is 2.75. The second-order valence-electron chi connectivity index (χ2n) is 5.68. The molecule has 2 aromatic rings. The van der Waals surface area contributed by atoms with Gasteiger partial charge in [-0.05, 0) is 50.5 Å². The largest absolute Gasteiger partial charge is 0.372 e. The quantitative estimate of drug-likeness (QED) is 0.937. The van der Waals surface area contributed by atoms with Crippen LogP contribution in [-0.2, 0) is 11.2 Å². The summed E-state index contributed by atoms with van der Waals surface area (Å²) in [6.07, 6.45) is 4.27. The Bertz CT molecular complexity index is 630. The fourth-order valence-corrected chi connectivity index (χ4v) is 3.53. The Labute approximate surface area is 135 Å². The van der Waals surface area contributed by atoms with E-state index in [0.717, 1.165) is 29.3 Å². The van der Waals surface area contributed by atoms with E-state index < -0.39 is 0 Å². The van der Waals surface area contributed by atoms with E-state index in [0.29, 0.717) is 6.42 Å². The maximum Gasteiger partial charge on any atom is 0.229 e. The van der Waals surface area contributed by atoms with E-state index in [-0.39, 0.29) is 5.91 Å². The van der Waals surface area contributed by atoms with Crippen LogP contribution in [0.2, 0.25) is 0 Å². The van der Waals surface area contributed by atoms with Gasteiger partial charge in [0.25, 0.3) is 0 Å². The second-order valence-corrected chi connectivity index (χ2v) is 6.62. The number of aromatic nitrogens is 1. The van der Waals surface area contributed by atoms with Gasteiger partial charge >= 0.3 is 0 Å². The predicted octanol–water partition coefficient (Wildman–Crippen LogP) is 3.62. The summed E-state index contributed by atoms with van der Waals surface area (Å²) in [6.45, 7) is 4.21. The lowest BCUT2D eigenvalue weighted by molar-refractivity contribution is -0.115. The molecule has 1 saturated heterocycles. The highest BCUT2D eigenvalue weighted by molar-refractivity contribution is 7.09. The van der Waals surface area contributed by atoms with Gasteiger partial charge in [-0.2, -0.15) is 0 Å². The van der Waals surface area contributed by atoms with Crippen LogP contribution in [0.3, 0.4) is 0 Å². The monoisotopic (exact) mass is 315 g/mol. The van der Waals surface area contributed by atoms with E-state index in [9.17, 15) is 4.79 Å². The number of carbonyl (C=O) groups excluding carboxylic acids is 1. The minimum absolute atomic E-state index is 0.0121. The highest BCUT2D eigenvalue weighted by Crippen LogP contribution is 2.22. The maximum absolute atomic E-state index is 12.1. The normalized spacial score (nSPS) is 14.9. The molecule has 1 aliphatic heterocycles. The minimum Gasteiger partial charge on any atom is -0.372 e. The number of piperidine rings is 1. The molecular formula is C17H21N3OS. The van der Waals surface area contributed by atoms with Gasteiger partial charge in [-0.25, -0.2) is 4.98 Å². The molecule has 22 heavy (non-hydrogen) atoms. The third kappa shape index (κ3) is 3.65. The van der Waals surface area contributed by atoms with Crippen molar-refractivity contribution in [1.29, 1.82) is 0 Å². The summed E-state index contributed by atoms with van der Waals surface area (Å²) in [4.78, 5) is 19.7. The lowest BCUT2D eigenvalue weighted by Crippen LogP contribution is -2.29. The van der Waals surface area contributed by atoms with Gasteiger partial charge in [-0.1, -0.05) is 0 Å². The van der Waals surface area contributed by atoms with E-state index >= 15 is 0 Å². The average molecular weight is 315 g/mol. The number of nitrogens with zero attached hydrogens (tertiary/aromatic N) is 2. The summed E-state index contributed by atoms with van der Waals surface area (Å²) in [5.41, 5.74) is 4.83. The highest BCUT2D eigenvalue weighted by atomic mass is 32.1. The molecule has 0 bridgehead atoms. The van der Waals surface area contributed by atoms with Crippen LogP contribution in [0.4, 0.5) is 11.4 Å². The van der Waals surface area contributed by atoms with Crippen LogP contribution in [0.15, 0.2) is 29.8 Å². The number of carbonyl (C=O) groups is 1. The summed E-state index contributed by atoms with van der Waals surface area (Å²) in [5, 5.41) is 2.96. The number of amides is 1.